The van der Waals surface area contributed by atoms with E-state index in [9.17, 15) is 19.2 Å². The van der Waals surface area contributed by atoms with Gasteiger partial charge < -0.3 is 20.7 Å². The maximum atomic E-state index is 12.4. The number of ether oxygens (including phenoxy) is 1. The van der Waals surface area contributed by atoms with Crippen molar-refractivity contribution in [3.8, 4) is 0 Å². The fourth-order valence-electron chi connectivity index (χ4n) is 2.53. The number of ketones is 1. The van der Waals surface area contributed by atoms with E-state index in [0.717, 1.165) is 5.56 Å². The number of benzene rings is 1. The van der Waals surface area contributed by atoms with E-state index < -0.39 is 35.3 Å². The topological polar surface area (TPSA) is 114 Å². The highest BCUT2D eigenvalue weighted by molar-refractivity contribution is 6.38. The first-order valence-electron chi connectivity index (χ1n) is 9.69. The van der Waals surface area contributed by atoms with Crippen molar-refractivity contribution in [3.05, 3.63) is 35.9 Å². The first-order chi connectivity index (χ1) is 13.5. The number of alkyl carbamates (subject to hydrolysis) is 1. The number of hydrogen-bond acceptors (Lipinski definition) is 5. The molecule has 2 atom stereocenters. The van der Waals surface area contributed by atoms with Gasteiger partial charge in [0.1, 0.15) is 11.6 Å². The first kappa shape index (κ1) is 24.1. The molecule has 0 radical (unpaired) electrons. The zero-order chi connectivity index (χ0) is 22.0. The molecule has 0 bridgehead atoms. The van der Waals surface area contributed by atoms with E-state index >= 15 is 0 Å². The average molecular weight is 405 g/mol. The van der Waals surface area contributed by atoms with Gasteiger partial charge in [-0.2, -0.15) is 0 Å². The van der Waals surface area contributed by atoms with E-state index in [4.69, 9.17) is 4.74 Å². The molecule has 1 rings (SSSR count). The minimum atomic E-state index is -1.01. The lowest BCUT2D eigenvalue weighted by molar-refractivity contribution is -0.139. The van der Waals surface area contributed by atoms with E-state index in [0.29, 0.717) is 6.42 Å². The summed E-state index contributed by atoms with van der Waals surface area (Å²) in [5, 5.41) is 7.48. The Kier molecular flexibility index (Phi) is 9.31. The zero-order valence-electron chi connectivity index (χ0n) is 17.7. The van der Waals surface area contributed by atoms with Crippen molar-refractivity contribution in [2.45, 2.75) is 65.1 Å². The van der Waals surface area contributed by atoms with E-state index in [1.807, 2.05) is 44.2 Å². The number of hydrogen-bond donors (Lipinski definition) is 3. The van der Waals surface area contributed by atoms with E-state index in [-0.39, 0.29) is 19.0 Å². The van der Waals surface area contributed by atoms with Gasteiger partial charge in [-0.3, -0.25) is 14.4 Å². The monoisotopic (exact) mass is 405 g/mol. The van der Waals surface area contributed by atoms with Crippen molar-refractivity contribution in [1.29, 1.82) is 0 Å². The number of amides is 3. The predicted octanol–water partition coefficient (Wildman–Crippen LogP) is 2.24. The summed E-state index contributed by atoms with van der Waals surface area (Å²) < 4.78 is 5.13. The van der Waals surface area contributed by atoms with Gasteiger partial charge in [-0.15, -0.1) is 0 Å². The molecule has 2 unspecified atom stereocenters. The zero-order valence-corrected chi connectivity index (χ0v) is 17.7. The first-order valence-corrected chi connectivity index (χ1v) is 9.69. The van der Waals surface area contributed by atoms with Crippen LogP contribution in [0.4, 0.5) is 4.79 Å². The third kappa shape index (κ3) is 9.23. The van der Waals surface area contributed by atoms with Gasteiger partial charge in [-0.25, -0.2) is 4.79 Å². The third-order valence-corrected chi connectivity index (χ3v) is 3.90. The van der Waals surface area contributed by atoms with Gasteiger partial charge in [0.2, 0.25) is 11.7 Å². The van der Waals surface area contributed by atoms with Gasteiger partial charge in [0.05, 0.1) is 12.6 Å². The Morgan fingerprint density at radius 3 is 2.21 bits per heavy atom. The SMILES string of the molecule is CCCC(NC(=O)OC(C)(C)C)C(=O)C(=O)NCC(=O)NC(C)c1ccccc1. The molecule has 0 aromatic heterocycles. The molecular weight excluding hydrogens is 374 g/mol. The van der Waals surface area contributed by atoms with Gasteiger partial charge in [-0.1, -0.05) is 43.7 Å². The molecule has 0 aliphatic rings. The molecule has 0 aliphatic heterocycles. The predicted molar refractivity (Wildman–Crippen MR) is 109 cm³/mol. The van der Waals surface area contributed by atoms with Gasteiger partial charge in [0.15, 0.2) is 0 Å². The Morgan fingerprint density at radius 2 is 1.66 bits per heavy atom. The van der Waals surface area contributed by atoms with E-state index in [2.05, 4.69) is 16.0 Å². The Morgan fingerprint density at radius 1 is 1.03 bits per heavy atom. The van der Waals surface area contributed by atoms with Crippen LogP contribution in [0.25, 0.3) is 0 Å². The third-order valence-electron chi connectivity index (χ3n) is 3.90. The molecule has 1 aromatic rings. The second-order valence-corrected chi connectivity index (χ2v) is 7.73. The van der Waals surface area contributed by atoms with E-state index in [1.165, 1.54) is 0 Å². The Hall–Kier alpha value is -2.90. The molecule has 0 saturated carbocycles. The van der Waals surface area contributed by atoms with Gasteiger partial charge in [0.25, 0.3) is 5.91 Å². The maximum absolute atomic E-state index is 12.4. The lowest BCUT2D eigenvalue weighted by Crippen LogP contribution is -2.50. The summed E-state index contributed by atoms with van der Waals surface area (Å²) >= 11 is 0. The normalized spacial score (nSPS) is 13.0. The molecule has 0 aliphatic carbocycles. The van der Waals surface area contributed by atoms with Crippen LogP contribution >= 0.6 is 0 Å². The molecule has 0 spiro atoms. The standard InChI is InChI=1S/C21H31N3O5/c1-6-10-16(24-20(28)29-21(3,4)5)18(26)19(27)22-13-17(25)23-14(2)15-11-8-7-9-12-15/h7-9,11-12,14,16H,6,10,13H2,1-5H3,(H,22,27)(H,23,25)(H,24,28). The molecule has 0 fully saturated rings. The highest BCUT2D eigenvalue weighted by Gasteiger charge is 2.28. The molecule has 160 valence electrons. The number of nitrogens with one attached hydrogen (secondary N) is 3. The molecule has 29 heavy (non-hydrogen) atoms. The molecule has 3 amide bonds. The van der Waals surface area contributed by atoms with Crippen molar-refractivity contribution in [2.24, 2.45) is 0 Å². The van der Waals surface area contributed by atoms with Crippen LogP contribution in [0.3, 0.4) is 0 Å². The van der Waals surface area contributed by atoms with Crippen LogP contribution in [0.2, 0.25) is 0 Å². The van der Waals surface area contributed by atoms with Gasteiger partial charge in [-0.05, 0) is 39.7 Å². The molecule has 8 nitrogen and oxygen atoms in total. The molecule has 0 heterocycles. The second kappa shape index (κ2) is 11.2. The lowest BCUT2D eigenvalue weighted by Gasteiger charge is -2.22. The van der Waals surface area contributed by atoms with Crippen LogP contribution in [0.15, 0.2) is 30.3 Å². The Bertz CT molecular complexity index is 713. The summed E-state index contributed by atoms with van der Waals surface area (Å²) in [6.45, 7) is 8.41. The van der Waals surface area contributed by atoms with Crippen molar-refractivity contribution in [2.75, 3.05) is 6.54 Å². The number of carbonyl (C=O) groups is 4. The van der Waals surface area contributed by atoms with Crippen LogP contribution in [0.1, 0.15) is 59.1 Å². The quantitative estimate of drug-likeness (QED) is 0.545. The van der Waals surface area contributed by atoms with E-state index in [1.54, 1.807) is 20.8 Å². The highest BCUT2D eigenvalue weighted by atomic mass is 16.6. The largest absolute Gasteiger partial charge is 0.444 e. The van der Waals surface area contributed by atoms with Gasteiger partial charge in [0, 0.05) is 0 Å². The van der Waals surface area contributed by atoms with Gasteiger partial charge >= 0.3 is 6.09 Å². The molecule has 3 N–H and O–H groups in total. The highest BCUT2D eigenvalue weighted by Crippen LogP contribution is 2.10. The van der Waals surface area contributed by atoms with Crippen molar-refractivity contribution in [1.82, 2.24) is 16.0 Å². The smallest absolute Gasteiger partial charge is 0.408 e. The molecule has 1 aromatic carbocycles. The molecule has 8 heteroatoms. The number of carbonyl (C=O) groups excluding carboxylic acids is 4. The minimum absolute atomic E-state index is 0.238. The van der Waals surface area contributed by atoms with Crippen molar-refractivity contribution >= 4 is 23.7 Å². The fraction of sp³-hybridized carbons (Fsp3) is 0.524. The number of rotatable bonds is 9. The fourth-order valence-corrected chi connectivity index (χ4v) is 2.53. The van der Waals surface area contributed by atoms with Crippen LogP contribution < -0.4 is 16.0 Å². The second-order valence-electron chi connectivity index (χ2n) is 7.73. The summed E-state index contributed by atoms with van der Waals surface area (Å²) in [7, 11) is 0. The van der Waals surface area contributed by atoms with Crippen LogP contribution in [0, 0.1) is 0 Å². The maximum Gasteiger partial charge on any atom is 0.408 e. The summed E-state index contributed by atoms with van der Waals surface area (Å²) in [5.74, 6) is -2.17. The van der Waals surface area contributed by atoms with Crippen LogP contribution in [-0.4, -0.2) is 41.9 Å². The minimum Gasteiger partial charge on any atom is -0.444 e. The molecular formula is C21H31N3O5. The summed E-state index contributed by atoms with van der Waals surface area (Å²) in [6.07, 6.45) is 0.0867. The Labute approximate surface area is 171 Å². The van der Waals surface area contributed by atoms with Crippen molar-refractivity contribution < 1.29 is 23.9 Å². The Balaban J connectivity index is 2.55. The molecule has 0 saturated heterocycles. The summed E-state index contributed by atoms with van der Waals surface area (Å²) in [5.41, 5.74) is 0.201. The van der Waals surface area contributed by atoms with Crippen molar-refractivity contribution in [3.63, 3.8) is 0 Å². The summed E-state index contributed by atoms with van der Waals surface area (Å²) in [6, 6.07) is 8.12. The lowest BCUT2D eigenvalue weighted by atomic mass is 10.1. The van der Waals surface area contributed by atoms with Crippen LogP contribution in [0.5, 0.6) is 0 Å². The van der Waals surface area contributed by atoms with Crippen LogP contribution in [-0.2, 0) is 19.1 Å². The average Bonchev–Trinajstić information content (AvgIpc) is 2.64. The number of Topliss-reactive ketones (excluding diaryl/α,β-unsaturated/α-hetero) is 1. The summed E-state index contributed by atoms with van der Waals surface area (Å²) in [4.78, 5) is 48.5.